The molecule has 1 heterocycles. The second kappa shape index (κ2) is 3.17. The van der Waals surface area contributed by atoms with Gasteiger partial charge in [0.05, 0.1) is 37.2 Å². The molecule has 0 atom stereocenters. The third-order valence-corrected chi connectivity index (χ3v) is 3.46. The Bertz CT molecular complexity index is 423. The van der Waals surface area contributed by atoms with Gasteiger partial charge in [0.1, 0.15) is 0 Å². The van der Waals surface area contributed by atoms with Gasteiger partial charge in [-0.1, -0.05) is 0 Å². The Morgan fingerprint density at radius 3 is 2.81 bits per heavy atom. The highest BCUT2D eigenvalue weighted by Crippen LogP contribution is 2.75. The molecule has 2 aliphatic rings. The number of carbonyl (C=O) groups is 1. The third-order valence-electron chi connectivity index (χ3n) is 3.46. The van der Waals surface area contributed by atoms with Crippen LogP contribution in [-0.2, 0) is 11.3 Å². The first kappa shape index (κ1) is 9.57. The molecular formula is C11H13N3O2. The van der Waals surface area contributed by atoms with Gasteiger partial charge in [-0.05, 0) is 18.8 Å². The van der Waals surface area contributed by atoms with Crippen molar-refractivity contribution in [2.24, 2.45) is 11.3 Å². The van der Waals surface area contributed by atoms with E-state index < -0.39 is 0 Å². The quantitative estimate of drug-likeness (QED) is 0.801. The number of carbonyl (C=O) groups excluding carboxylic acids is 1. The topological polar surface area (TPSA) is 64.1 Å². The van der Waals surface area contributed by atoms with E-state index in [4.69, 9.17) is 4.74 Å². The summed E-state index contributed by atoms with van der Waals surface area (Å²) in [6.07, 6.45) is 5.32. The van der Waals surface area contributed by atoms with E-state index in [1.54, 1.807) is 19.5 Å². The lowest BCUT2D eigenvalue weighted by Gasteiger charge is -2.06. The summed E-state index contributed by atoms with van der Waals surface area (Å²) in [6.45, 7) is 0.449. The number of amides is 1. The molecule has 3 rings (SSSR count). The molecule has 84 valence electrons. The lowest BCUT2D eigenvalue weighted by Crippen LogP contribution is -2.27. The van der Waals surface area contributed by atoms with Gasteiger partial charge in [-0.2, -0.15) is 0 Å². The molecule has 0 aliphatic heterocycles. The molecule has 2 saturated carbocycles. The van der Waals surface area contributed by atoms with E-state index in [0.717, 1.165) is 18.5 Å². The van der Waals surface area contributed by atoms with Crippen LogP contribution in [0.2, 0.25) is 0 Å². The van der Waals surface area contributed by atoms with E-state index in [-0.39, 0.29) is 11.3 Å². The fourth-order valence-electron chi connectivity index (χ4n) is 1.96. The normalized spacial score (nSPS) is 29.2. The largest absolute Gasteiger partial charge is 0.480 e. The third kappa shape index (κ3) is 1.43. The minimum absolute atomic E-state index is 0.0277. The highest BCUT2D eigenvalue weighted by atomic mass is 16.5. The molecule has 0 spiro atoms. The summed E-state index contributed by atoms with van der Waals surface area (Å²) < 4.78 is 4.90. The van der Waals surface area contributed by atoms with Crippen LogP contribution in [0.1, 0.15) is 18.5 Å². The number of nitrogens with zero attached hydrogens (tertiary/aromatic N) is 2. The zero-order chi connectivity index (χ0) is 11.2. The number of ether oxygens (including phenoxy) is 1. The van der Waals surface area contributed by atoms with Crippen molar-refractivity contribution in [2.45, 2.75) is 19.4 Å². The standard InChI is InChI=1S/C11H13N3O2/c1-16-9-6-12-8(4-13-9)5-14-10(15)11-2-7(11)3-11/h4,6-7H,2-3,5H2,1H3,(H,14,15). The van der Waals surface area contributed by atoms with E-state index in [1.807, 2.05) is 0 Å². The SMILES string of the molecule is COc1cnc(CNC(=O)C23CC2C3)cn1. The van der Waals surface area contributed by atoms with E-state index in [2.05, 4.69) is 15.3 Å². The van der Waals surface area contributed by atoms with E-state index >= 15 is 0 Å². The predicted octanol–water partition coefficient (Wildman–Crippen LogP) is 0.511. The lowest BCUT2D eigenvalue weighted by molar-refractivity contribution is -0.124. The van der Waals surface area contributed by atoms with Gasteiger partial charge < -0.3 is 10.1 Å². The van der Waals surface area contributed by atoms with Crippen LogP contribution in [0.4, 0.5) is 0 Å². The van der Waals surface area contributed by atoms with E-state index in [0.29, 0.717) is 18.3 Å². The van der Waals surface area contributed by atoms with Crippen LogP contribution in [0.5, 0.6) is 5.88 Å². The molecule has 5 nitrogen and oxygen atoms in total. The van der Waals surface area contributed by atoms with Gasteiger partial charge in [0.25, 0.3) is 0 Å². The first-order valence-electron chi connectivity index (χ1n) is 5.38. The van der Waals surface area contributed by atoms with Gasteiger partial charge in [0.15, 0.2) is 0 Å². The van der Waals surface area contributed by atoms with Crippen molar-refractivity contribution < 1.29 is 9.53 Å². The maximum Gasteiger partial charge on any atom is 0.231 e. The minimum atomic E-state index is 0.0277. The molecule has 5 heteroatoms. The summed E-state index contributed by atoms with van der Waals surface area (Å²) >= 11 is 0. The molecule has 1 aromatic heterocycles. The van der Waals surface area contributed by atoms with Crippen molar-refractivity contribution in [3.63, 3.8) is 0 Å². The fraction of sp³-hybridized carbons (Fsp3) is 0.545. The van der Waals surface area contributed by atoms with Crippen molar-refractivity contribution in [3.8, 4) is 5.88 Å². The van der Waals surface area contributed by atoms with Crippen molar-refractivity contribution in [2.75, 3.05) is 7.11 Å². The van der Waals surface area contributed by atoms with Crippen molar-refractivity contribution in [3.05, 3.63) is 18.1 Å². The molecule has 0 aromatic carbocycles. The second-order valence-corrected chi connectivity index (χ2v) is 4.49. The smallest absolute Gasteiger partial charge is 0.231 e. The van der Waals surface area contributed by atoms with E-state index in [9.17, 15) is 4.79 Å². The number of rotatable bonds is 4. The maximum absolute atomic E-state index is 11.7. The summed E-state index contributed by atoms with van der Waals surface area (Å²) in [5.74, 6) is 1.34. The zero-order valence-corrected chi connectivity index (χ0v) is 9.06. The Morgan fingerprint density at radius 2 is 2.31 bits per heavy atom. The zero-order valence-electron chi connectivity index (χ0n) is 9.06. The van der Waals surface area contributed by atoms with Crippen molar-refractivity contribution >= 4 is 5.91 Å². The summed E-state index contributed by atoms with van der Waals surface area (Å²) in [5, 5.41) is 2.90. The molecule has 2 aliphatic carbocycles. The second-order valence-electron chi connectivity index (χ2n) is 4.49. The number of fused-ring (bicyclic) bond motifs is 1. The highest BCUT2D eigenvalue weighted by Gasteiger charge is 2.74. The number of nitrogens with one attached hydrogen (secondary N) is 1. The average molecular weight is 219 g/mol. The molecule has 1 N–H and O–H groups in total. The molecule has 2 fully saturated rings. The molecular weight excluding hydrogens is 206 g/mol. The van der Waals surface area contributed by atoms with Gasteiger partial charge in [-0.25, -0.2) is 4.98 Å². The average Bonchev–Trinajstić information content (AvgIpc) is 3.15. The first-order chi connectivity index (χ1) is 7.74. The van der Waals surface area contributed by atoms with Crippen molar-refractivity contribution in [1.29, 1.82) is 0 Å². The van der Waals surface area contributed by atoms with Crippen LogP contribution in [-0.4, -0.2) is 23.0 Å². The predicted molar refractivity (Wildman–Crippen MR) is 55.6 cm³/mol. The maximum atomic E-state index is 11.7. The van der Waals surface area contributed by atoms with Crippen molar-refractivity contribution in [1.82, 2.24) is 15.3 Å². The van der Waals surface area contributed by atoms with Crippen LogP contribution in [0.15, 0.2) is 12.4 Å². The van der Waals surface area contributed by atoms with Crippen LogP contribution in [0.25, 0.3) is 0 Å². The highest BCUT2D eigenvalue weighted by molar-refractivity contribution is 5.89. The molecule has 1 aromatic rings. The first-order valence-corrected chi connectivity index (χ1v) is 5.38. The lowest BCUT2D eigenvalue weighted by atomic mass is 10.2. The van der Waals surface area contributed by atoms with Gasteiger partial charge in [-0.3, -0.25) is 9.78 Å². The molecule has 16 heavy (non-hydrogen) atoms. The van der Waals surface area contributed by atoms with Gasteiger partial charge >= 0.3 is 0 Å². The van der Waals surface area contributed by atoms with Crippen LogP contribution < -0.4 is 10.1 Å². The minimum Gasteiger partial charge on any atom is -0.480 e. The summed E-state index contributed by atoms with van der Waals surface area (Å²) in [7, 11) is 1.55. The van der Waals surface area contributed by atoms with E-state index in [1.165, 1.54) is 0 Å². The number of aromatic nitrogens is 2. The number of hydrogen-bond acceptors (Lipinski definition) is 4. The molecule has 0 radical (unpaired) electrons. The fourth-order valence-corrected chi connectivity index (χ4v) is 1.96. The molecule has 0 unspecified atom stereocenters. The van der Waals surface area contributed by atoms with Gasteiger partial charge in [-0.15, -0.1) is 0 Å². The van der Waals surface area contributed by atoms with Crippen LogP contribution in [0.3, 0.4) is 0 Å². The Balaban J connectivity index is 1.55. The van der Waals surface area contributed by atoms with Gasteiger partial charge in [0, 0.05) is 0 Å². The molecule has 0 bridgehead atoms. The number of hydrogen-bond donors (Lipinski definition) is 1. The van der Waals surface area contributed by atoms with Crippen LogP contribution in [0, 0.1) is 11.3 Å². The Kier molecular flexibility index (Phi) is 1.89. The molecule has 1 amide bonds. The summed E-state index contributed by atoms with van der Waals surface area (Å²) in [5.41, 5.74) is 0.781. The summed E-state index contributed by atoms with van der Waals surface area (Å²) in [4.78, 5) is 19.8. The van der Waals surface area contributed by atoms with Gasteiger partial charge in [0.2, 0.25) is 11.8 Å². The van der Waals surface area contributed by atoms with Crippen LogP contribution >= 0.6 is 0 Å². The monoisotopic (exact) mass is 219 g/mol. The Labute approximate surface area is 93.2 Å². The Hall–Kier alpha value is -1.65. The summed E-state index contributed by atoms with van der Waals surface area (Å²) in [6, 6.07) is 0. The number of methoxy groups -OCH3 is 1. The Morgan fingerprint density at radius 1 is 1.56 bits per heavy atom. The molecule has 0 saturated heterocycles.